The van der Waals surface area contributed by atoms with Crippen molar-refractivity contribution in [2.75, 3.05) is 31.0 Å². The van der Waals surface area contributed by atoms with Gasteiger partial charge in [-0.25, -0.2) is 4.90 Å². The molecule has 2 aliphatic heterocycles. The maximum Gasteiger partial charge on any atom is 0.263 e. The summed E-state index contributed by atoms with van der Waals surface area (Å²) in [5, 5.41) is 11.9. The van der Waals surface area contributed by atoms with Crippen LogP contribution < -0.4 is 24.4 Å². The van der Waals surface area contributed by atoms with Gasteiger partial charge in [0, 0.05) is 11.8 Å². The van der Waals surface area contributed by atoms with Gasteiger partial charge < -0.3 is 19.5 Å². The van der Waals surface area contributed by atoms with E-state index in [9.17, 15) is 14.4 Å². The number of carbonyl (C=O) groups excluding carboxylic acids is 3. The molecule has 0 unspecified atom stereocenters. The van der Waals surface area contributed by atoms with Crippen molar-refractivity contribution in [3.63, 3.8) is 0 Å². The van der Waals surface area contributed by atoms with Crippen LogP contribution >= 0.6 is 0 Å². The predicted molar refractivity (Wildman–Crippen MR) is 133 cm³/mol. The fourth-order valence-electron chi connectivity index (χ4n) is 4.15. The molecule has 3 aromatic carbocycles. The number of methoxy groups -OCH3 is 2. The number of hydrogen-bond acceptors (Lipinski definition) is 9. The van der Waals surface area contributed by atoms with Gasteiger partial charge in [-0.05, 0) is 48.5 Å². The first kappa shape index (κ1) is 23.8. The Kier molecular flexibility index (Phi) is 6.42. The number of amides is 3. The van der Waals surface area contributed by atoms with Gasteiger partial charge in [0.05, 0.1) is 19.9 Å². The predicted octanol–water partition coefficient (Wildman–Crippen LogP) is 3.43. The molecule has 2 atom stereocenters. The van der Waals surface area contributed by atoms with Crippen LogP contribution in [0.25, 0.3) is 0 Å². The Bertz CT molecular complexity index is 1360. The standard InChI is InChI=1S/C26H23N5O6/c1-35-20-13-10-17(14-21(20)36-2)31-25(33)23-24(26(31)34)30(29-28-23)15-22(32)27-16-8-11-19(12-9-16)37-18-6-4-3-5-7-18/h3-14,23-24H,15H2,1-2H3,(H,27,32)/t23-,24-/m1/s1. The summed E-state index contributed by atoms with van der Waals surface area (Å²) < 4.78 is 16.3. The normalized spacial score (nSPS) is 18.1. The van der Waals surface area contributed by atoms with Crippen LogP contribution in [0.2, 0.25) is 0 Å². The summed E-state index contributed by atoms with van der Waals surface area (Å²) in [7, 11) is 2.95. The molecule has 0 saturated carbocycles. The van der Waals surface area contributed by atoms with Crippen LogP contribution in [-0.2, 0) is 14.4 Å². The summed E-state index contributed by atoms with van der Waals surface area (Å²) in [5.74, 6) is 0.683. The topological polar surface area (TPSA) is 122 Å². The second kappa shape index (κ2) is 9.97. The number of nitrogens with one attached hydrogen (secondary N) is 1. The Labute approximate surface area is 212 Å². The van der Waals surface area contributed by atoms with E-state index in [4.69, 9.17) is 14.2 Å². The zero-order chi connectivity index (χ0) is 25.9. The van der Waals surface area contributed by atoms with Crippen LogP contribution in [0.3, 0.4) is 0 Å². The molecule has 0 aliphatic carbocycles. The Balaban J connectivity index is 1.23. The highest BCUT2D eigenvalue weighted by molar-refractivity contribution is 6.25. The van der Waals surface area contributed by atoms with Crippen LogP contribution in [0.1, 0.15) is 0 Å². The molecule has 11 nitrogen and oxygen atoms in total. The number of anilines is 2. The molecule has 2 heterocycles. The average molecular weight is 501 g/mol. The van der Waals surface area contributed by atoms with Gasteiger partial charge in [-0.1, -0.05) is 23.4 Å². The molecule has 37 heavy (non-hydrogen) atoms. The Morgan fingerprint density at radius 2 is 1.59 bits per heavy atom. The van der Waals surface area contributed by atoms with Crippen molar-refractivity contribution in [3.05, 3.63) is 72.8 Å². The van der Waals surface area contributed by atoms with Crippen LogP contribution in [0.4, 0.5) is 11.4 Å². The molecule has 1 saturated heterocycles. The molecule has 0 spiro atoms. The molecule has 3 amide bonds. The van der Waals surface area contributed by atoms with Crippen LogP contribution in [-0.4, -0.2) is 55.6 Å². The zero-order valence-corrected chi connectivity index (χ0v) is 20.0. The third-order valence-corrected chi connectivity index (χ3v) is 5.91. The summed E-state index contributed by atoms with van der Waals surface area (Å²) in [6.45, 7) is -0.258. The minimum absolute atomic E-state index is 0.258. The van der Waals surface area contributed by atoms with Gasteiger partial charge in [-0.15, -0.1) is 0 Å². The second-order valence-corrected chi connectivity index (χ2v) is 8.23. The molecule has 0 bridgehead atoms. The van der Waals surface area contributed by atoms with E-state index in [1.54, 1.807) is 36.4 Å². The molecule has 0 radical (unpaired) electrons. The van der Waals surface area contributed by atoms with Gasteiger partial charge >= 0.3 is 0 Å². The van der Waals surface area contributed by atoms with E-state index >= 15 is 0 Å². The lowest BCUT2D eigenvalue weighted by Gasteiger charge is -2.20. The number of carbonyl (C=O) groups is 3. The van der Waals surface area contributed by atoms with E-state index in [0.717, 1.165) is 4.90 Å². The SMILES string of the molecule is COc1ccc(N2C(=O)[C@@H]3N=NN(CC(=O)Nc4ccc(Oc5ccccc5)cc4)[C@H]3C2=O)cc1OC. The number of ether oxygens (including phenoxy) is 3. The number of rotatable bonds is 8. The summed E-state index contributed by atoms with van der Waals surface area (Å²) in [4.78, 5) is 39.9. The van der Waals surface area contributed by atoms with E-state index in [0.29, 0.717) is 34.4 Å². The zero-order valence-electron chi connectivity index (χ0n) is 20.0. The summed E-state index contributed by atoms with van der Waals surface area (Å²) in [6, 6.07) is 18.9. The van der Waals surface area contributed by atoms with Crippen molar-refractivity contribution >= 4 is 29.1 Å². The van der Waals surface area contributed by atoms with Gasteiger partial charge in [0.25, 0.3) is 11.8 Å². The Morgan fingerprint density at radius 3 is 2.30 bits per heavy atom. The van der Waals surface area contributed by atoms with Crippen LogP contribution in [0, 0.1) is 0 Å². The number of imide groups is 1. The second-order valence-electron chi connectivity index (χ2n) is 8.23. The highest BCUT2D eigenvalue weighted by Gasteiger charge is 2.55. The quantitative estimate of drug-likeness (QED) is 0.469. The first-order chi connectivity index (χ1) is 18.0. The lowest BCUT2D eigenvalue weighted by atomic mass is 10.1. The maximum absolute atomic E-state index is 13.2. The summed E-state index contributed by atoms with van der Waals surface area (Å²) in [5.41, 5.74) is 0.860. The molecule has 3 aromatic rings. The minimum Gasteiger partial charge on any atom is -0.493 e. The summed E-state index contributed by atoms with van der Waals surface area (Å²) >= 11 is 0. The smallest absolute Gasteiger partial charge is 0.263 e. The van der Waals surface area contributed by atoms with Crippen molar-refractivity contribution in [1.29, 1.82) is 0 Å². The van der Waals surface area contributed by atoms with Crippen molar-refractivity contribution in [3.8, 4) is 23.0 Å². The molecule has 1 fully saturated rings. The molecule has 5 rings (SSSR count). The van der Waals surface area contributed by atoms with E-state index in [1.165, 1.54) is 25.3 Å². The van der Waals surface area contributed by atoms with E-state index in [1.807, 2.05) is 30.3 Å². The Morgan fingerprint density at radius 1 is 0.892 bits per heavy atom. The fraction of sp³-hybridized carbons (Fsp3) is 0.192. The molecule has 188 valence electrons. The van der Waals surface area contributed by atoms with Crippen molar-refractivity contribution in [2.24, 2.45) is 10.3 Å². The van der Waals surface area contributed by atoms with Gasteiger partial charge in [-0.3, -0.25) is 19.4 Å². The Hall–Kier alpha value is -4.93. The third-order valence-electron chi connectivity index (χ3n) is 5.91. The maximum atomic E-state index is 13.2. The number of hydrogen-bond donors (Lipinski definition) is 1. The largest absolute Gasteiger partial charge is 0.493 e. The average Bonchev–Trinajstić information content (AvgIpc) is 3.44. The molecular formula is C26H23N5O6. The van der Waals surface area contributed by atoms with E-state index < -0.39 is 29.8 Å². The van der Waals surface area contributed by atoms with Crippen LogP contribution in [0.5, 0.6) is 23.0 Å². The number of para-hydroxylation sites is 1. The van der Waals surface area contributed by atoms with Gasteiger partial charge in [-0.2, -0.15) is 5.11 Å². The lowest BCUT2D eigenvalue weighted by Crippen LogP contribution is -2.43. The summed E-state index contributed by atoms with van der Waals surface area (Å²) in [6.07, 6.45) is 0. The highest BCUT2D eigenvalue weighted by atomic mass is 16.5. The van der Waals surface area contributed by atoms with E-state index in [2.05, 4.69) is 15.7 Å². The molecular weight excluding hydrogens is 478 g/mol. The molecule has 2 aliphatic rings. The lowest BCUT2D eigenvalue weighted by molar-refractivity contribution is -0.123. The first-order valence-corrected chi connectivity index (χ1v) is 11.4. The van der Waals surface area contributed by atoms with Crippen molar-refractivity contribution in [1.82, 2.24) is 5.01 Å². The number of benzene rings is 3. The minimum atomic E-state index is -1.03. The van der Waals surface area contributed by atoms with Gasteiger partial charge in [0.2, 0.25) is 5.91 Å². The van der Waals surface area contributed by atoms with Crippen LogP contribution in [0.15, 0.2) is 83.1 Å². The van der Waals surface area contributed by atoms with Gasteiger partial charge in [0.15, 0.2) is 23.6 Å². The monoisotopic (exact) mass is 501 g/mol. The fourth-order valence-corrected chi connectivity index (χ4v) is 4.15. The number of fused-ring (bicyclic) bond motifs is 1. The molecule has 11 heteroatoms. The third kappa shape index (κ3) is 4.66. The van der Waals surface area contributed by atoms with Crippen molar-refractivity contribution < 1.29 is 28.6 Å². The molecule has 0 aromatic heterocycles. The molecule has 1 N–H and O–H groups in total. The van der Waals surface area contributed by atoms with Crippen molar-refractivity contribution in [2.45, 2.75) is 12.1 Å². The van der Waals surface area contributed by atoms with E-state index in [-0.39, 0.29) is 6.54 Å². The highest BCUT2D eigenvalue weighted by Crippen LogP contribution is 2.36. The van der Waals surface area contributed by atoms with Gasteiger partial charge in [0.1, 0.15) is 18.0 Å². The number of nitrogens with zero attached hydrogens (tertiary/aromatic N) is 4. The first-order valence-electron chi connectivity index (χ1n) is 11.4.